The number of morpholine rings is 1. The average molecular weight is 258 g/mol. The molecule has 1 saturated heterocycles. The lowest BCUT2D eigenvalue weighted by Crippen LogP contribution is -2.37. The predicted octanol–water partition coefficient (Wildman–Crippen LogP) is 1.38. The molecule has 0 amide bonds. The van der Waals surface area contributed by atoms with Gasteiger partial charge < -0.3 is 9.64 Å². The lowest BCUT2D eigenvalue weighted by atomic mass is 10.4. The van der Waals surface area contributed by atoms with Crippen molar-refractivity contribution in [3.63, 3.8) is 0 Å². The van der Waals surface area contributed by atoms with E-state index >= 15 is 0 Å². The van der Waals surface area contributed by atoms with E-state index in [1.165, 1.54) is 0 Å². The van der Waals surface area contributed by atoms with Crippen molar-refractivity contribution >= 4 is 21.9 Å². The summed E-state index contributed by atoms with van der Waals surface area (Å²) in [7, 11) is 0. The van der Waals surface area contributed by atoms with Crippen molar-refractivity contribution in [3.8, 4) is 0 Å². The maximum Gasteiger partial charge on any atom is 0.225 e. The van der Waals surface area contributed by atoms with Crippen molar-refractivity contribution in [1.82, 2.24) is 9.97 Å². The maximum absolute atomic E-state index is 5.27. The number of rotatable bonds is 1. The molecule has 1 aliphatic rings. The fourth-order valence-corrected chi connectivity index (χ4v) is 1.55. The highest BCUT2D eigenvalue weighted by Crippen LogP contribution is 2.16. The highest BCUT2D eigenvalue weighted by molar-refractivity contribution is 9.10. The van der Waals surface area contributed by atoms with E-state index in [1.54, 1.807) is 6.20 Å². The van der Waals surface area contributed by atoms with Crippen LogP contribution in [-0.2, 0) is 4.74 Å². The van der Waals surface area contributed by atoms with Gasteiger partial charge in [0.2, 0.25) is 5.95 Å². The molecule has 2 heterocycles. The van der Waals surface area contributed by atoms with Gasteiger partial charge in [-0.15, -0.1) is 0 Å². The molecule has 0 radical (unpaired) electrons. The molecule has 1 aliphatic heterocycles. The summed E-state index contributed by atoms with van der Waals surface area (Å²) in [6.07, 6.45) is 1.80. The van der Waals surface area contributed by atoms with Gasteiger partial charge >= 0.3 is 0 Å². The van der Waals surface area contributed by atoms with Gasteiger partial charge in [0.05, 0.1) is 23.4 Å². The molecule has 1 aromatic heterocycles. The molecule has 0 spiro atoms. The standard InChI is InChI=1S/C9H12BrN3O/c1-7-8(10)6-11-9(12-7)13-2-4-14-5-3-13/h6H,2-5H2,1H3. The molecule has 0 bridgehead atoms. The van der Waals surface area contributed by atoms with Crippen molar-refractivity contribution in [1.29, 1.82) is 0 Å². The monoisotopic (exact) mass is 257 g/mol. The minimum absolute atomic E-state index is 0.762. The Morgan fingerprint density at radius 1 is 1.43 bits per heavy atom. The molecule has 14 heavy (non-hydrogen) atoms. The molecule has 1 fully saturated rings. The van der Waals surface area contributed by atoms with E-state index in [9.17, 15) is 0 Å². The molecule has 0 unspecified atom stereocenters. The Kier molecular flexibility index (Phi) is 2.98. The number of hydrogen-bond donors (Lipinski definition) is 0. The zero-order chi connectivity index (χ0) is 9.97. The van der Waals surface area contributed by atoms with Crippen LogP contribution in [0.5, 0.6) is 0 Å². The predicted molar refractivity (Wildman–Crippen MR) is 57.5 cm³/mol. The van der Waals surface area contributed by atoms with Crippen LogP contribution in [0.15, 0.2) is 10.7 Å². The van der Waals surface area contributed by atoms with Gasteiger partial charge in [0.1, 0.15) is 0 Å². The van der Waals surface area contributed by atoms with Gasteiger partial charge in [0.25, 0.3) is 0 Å². The molecule has 0 aliphatic carbocycles. The van der Waals surface area contributed by atoms with Crippen LogP contribution in [0.4, 0.5) is 5.95 Å². The van der Waals surface area contributed by atoms with E-state index in [2.05, 4.69) is 30.8 Å². The lowest BCUT2D eigenvalue weighted by Gasteiger charge is -2.26. The van der Waals surface area contributed by atoms with E-state index in [-0.39, 0.29) is 0 Å². The maximum atomic E-state index is 5.27. The fraction of sp³-hybridized carbons (Fsp3) is 0.556. The van der Waals surface area contributed by atoms with Crippen molar-refractivity contribution in [2.75, 3.05) is 31.2 Å². The summed E-state index contributed by atoms with van der Waals surface area (Å²) in [4.78, 5) is 10.8. The minimum Gasteiger partial charge on any atom is -0.378 e. The molecule has 0 atom stereocenters. The first kappa shape index (κ1) is 9.86. The largest absolute Gasteiger partial charge is 0.378 e. The van der Waals surface area contributed by atoms with Gasteiger partial charge in [-0.3, -0.25) is 0 Å². The summed E-state index contributed by atoms with van der Waals surface area (Å²) in [5.41, 5.74) is 0.974. The van der Waals surface area contributed by atoms with E-state index < -0.39 is 0 Å². The van der Waals surface area contributed by atoms with Crippen LogP contribution in [0, 0.1) is 6.92 Å². The molecule has 76 valence electrons. The molecule has 1 aromatic rings. The highest BCUT2D eigenvalue weighted by Gasteiger charge is 2.13. The molecule has 2 rings (SSSR count). The second kappa shape index (κ2) is 4.23. The first-order valence-electron chi connectivity index (χ1n) is 4.59. The molecular formula is C9H12BrN3O. The summed E-state index contributed by atoms with van der Waals surface area (Å²) >= 11 is 3.39. The molecule has 5 heteroatoms. The quantitative estimate of drug-likeness (QED) is 0.762. The molecule has 4 nitrogen and oxygen atoms in total. The number of aryl methyl sites for hydroxylation is 1. The summed E-state index contributed by atoms with van der Waals surface area (Å²) < 4.78 is 6.22. The topological polar surface area (TPSA) is 38.2 Å². The van der Waals surface area contributed by atoms with Crippen LogP contribution in [0.25, 0.3) is 0 Å². The Morgan fingerprint density at radius 2 is 2.14 bits per heavy atom. The van der Waals surface area contributed by atoms with Gasteiger partial charge in [-0.05, 0) is 22.9 Å². The zero-order valence-corrected chi connectivity index (χ0v) is 9.62. The van der Waals surface area contributed by atoms with Gasteiger partial charge in [-0.2, -0.15) is 0 Å². The van der Waals surface area contributed by atoms with Crippen molar-refractivity contribution in [2.45, 2.75) is 6.92 Å². The van der Waals surface area contributed by atoms with E-state index in [1.807, 2.05) is 6.92 Å². The Morgan fingerprint density at radius 3 is 2.79 bits per heavy atom. The fourth-order valence-electron chi connectivity index (χ4n) is 1.36. The van der Waals surface area contributed by atoms with Gasteiger partial charge in [-0.25, -0.2) is 9.97 Å². The average Bonchev–Trinajstić information content (AvgIpc) is 2.23. The minimum atomic E-state index is 0.762. The van der Waals surface area contributed by atoms with Gasteiger partial charge in [-0.1, -0.05) is 0 Å². The van der Waals surface area contributed by atoms with Crippen LogP contribution in [0.2, 0.25) is 0 Å². The van der Waals surface area contributed by atoms with Gasteiger partial charge in [0.15, 0.2) is 0 Å². The molecule has 0 aromatic carbocycles. The first-order chi connectivity index (χ1) is 6.77. The third-order valence-corrected chi connectivity index (χ3v) is 2.98. The van der Waals surface area contributed by atoms with Crippen LogP contribution in [-0.4, -0.2) is 36.3 Å². The second-order valence-electron chi connectivity index (χ2n) is 3.20. The van der Waals surface area contributed by atoms with Crippen LogP contribution >= 0.6 is 15.9 Å². The molecular weight excluding hydrogens is 246 g/mol. The SMILES string of the molecule is Cc1nc(N2CCOCC2)ncc1Br. The number of aromatic nitrogens is 2. The number of anilines is 1. The third kappa shape index (κ3) is 2.04. The normalized spacial score (nSPS) is 17.1. The summed E-state index contributed by atoms with van der Waals surface area (Å²) in [6.45, 7) is 5.24. The summed E-state index contributed by atoms with van der Waals surface area (Å²) in [6, 6.07) is 0. The van der Waals surface area contributed by atoms with Crippen molar-refractivity contribution in [3.05, 3.63) is 16.4 Å². The van der Waals surface area contributed by atoms with Crippen molar-refractivity contribution in [2.24, 2.45) is 0 Å². The van der Waals surface area contributed by atoms with Crippen LogP contribution < -0.4 is 4.90 Å². The number of nitrogens with zero attached hydrogens (tertiary/aromatic N) is 3. The number of ether oxygens (including phenoxy) is 1. The molecule has 0 N–H and O–H groups in total. The van der Waals surface area contributed by atoms with Crippen molar-refractivity contribution < 1.29 is 4.74 Å². The number of halogens is 1. The van der Waals surface area contributed by atoms with E-state index in [0.717, 1.165) is 42.4 Å². The Hall–Kier alpha value is -0.680. The number of hydrogen-bond acceptors (Lipinski definition) is 4. The smallest absolute Gasteiger partial charge is 0.225 e. The van der Waals surface area contributed by atoms with E-state index in [0.29, 0.717) is 0 Å². The Labute approximate surface area is 91.4 Å². The highest BCUT2D eigenvalue weighted by atomic mass is 79.9. The second-order valence-corrected chi connectivity index (χ2v) is 4.06. The summed E-state index contributed by atoms with van der Waals surface area (Å²) in [5.74, 6) is 0.800. The first-order valence-corrected chi connectivity index (χ1v) is 5.38. The van der Waals surface area contributed by atoms with Crippen LogP contribution in [0.3, 0.4) is 0 Å². The Bertz CT molecular complexity index is 326. The molecule has 0 saturated carbocycles. The lowest BCUT2D eigenvalue weighted by molar-refractivity contribution is 0.122. The van der Waals surface area contributed by atoms with Crippen LogP contribution in [0.1, 0.15) is 5.69 Å². The Balaban J connectivity index is 2.18. The van der Waals surface area contributed by atoms with Gasteiger partial charge in [0, 0.05) is 19.3 Å². The third-order valence-electron chi connectivity index (χ3n) is 2.20. The van der Waals surface area contributed by atoms with E-state index in [4.69, 9.17) is 4.74 Å². The zero-order valence-electron chi connectivity index (χ0n) is 8.03. The summed E-state index contributed by atoms with van der Waals surface area (Å²) in [5, 5.41) is 0.